The number of nitrogens with zero attached hydrogens (tertiary/aromatic N) is 1. The predicted molar refractivity (Wildman–Crippen MR) is 52.6 cm³/mol. The van der Waals surface area contributed by atoms with E-state index in [9.17, 15) is 0 Å². The molecular weight excluding hydrogens is 192 g/mol. The fraction of sp³-hybridized carbons (Fsp3) is 0.571. The van der Waals surface area contributed by atoms with E-state index in [1.54, 1.807) is 23.1 Å². The zero-order chi connectivity index (χ0) is 8.97. The molecule has 0 amide bonds. The highest BCUT2D eigenvalue weighted by Gasteiger charge is 2.05. The highest BCUT2D eigenvalue weighted by Crippen LogP contribution is 2.28. The number of hydrogen-bond acceptors (Lipinski definition) is 5. The van der Waals surface area contributed by atoms with Crippen molar-refractivity contribution in [1.29, 1.82) is 0 Å². The fourth-order valence-corrected chi connectivity index (χ4v) is 2.78. The molecule has 5 heteroatoms. The molecule has 3 nitrogen and oxygen atoms in total. The summed E-state index contributed by atoms with van der Waals surface area (Å²) in [7, 11) is 0. The van der Waals surface area contributed by atoms with E-state index in [1.807, 2.05) is 6.92 Å². The van der Waals surface area contributed by atoms with E-state index >= 15 is 0 Å². The molecule has 0 saturated heterocycles. The van der Waals surface area contributed by atoms with Gasteiger partial charge in [-0.1, -0.05) is 0 Å². The molecule has 0 aliphatic rings. The van der Waals surface area contributed by atoms with Crippen LogP contribution in [0.1, 0.15) is 10.7 Å². The lowest BCUT2D eigenvalue weighted by Gasteiger charge is -1.93. The van der Waals surface area contributed by atoms with E-state index < -0.39 is 0 Å². The number of nitrogens with two attached hydrogens (primary N) is 1. The second-order valence-electron chi connectivity index (χ2n) is 2.28. The summed E-state index contributed by atoms with van der Waals surface area (Å²) in [6.07, 6.45) is 0. The molecule has 1 rings (SSSR count). The van der Waals surface area contributed by atoms with Crippen molar-refractivity contribution in [3.8, 4) is 0 Å². The van der Waals surface area contributed by atoms with E-state index in [0.29, 0.717) is 6.54 Å². The van der Waals surface area contributed by atoms with Crippen LogP contribution >= 0.6 is 23.1 Å². The molecule has 0 radical (unpaired) electrons. The first kappa shape index (κ1) is 9.98. The topological polar surface area (TPSA) is 59.1 Å². The number of thioether (sulfide) groups is 1. The Labute approximate surface area is 80.0 Å². The van der Waals surface area contributed by atoms with Crippen molar-refractivity contribution in [1.82, 2.24) is 4.98 Å². The zero-order valence-electron chi connectivity index (χ0n) is 6.91. The van der Waals surface area contributed by atoms with Crippen molar-refractivity contribution in [3.63, 3.8) is 0 Å². The van der Waals surface area contributed by atoms with Crippen LogP contribution in [0, 0.1) is 6.92 Å². The van der Waals surface area contributed by atoms with Crippen LogP contribution in [0.25, 0.3) is 0 Å². The average Bonchev–Trinajstić information content (AvgIpc) is 2.43. The number of hydrogen-bond donors (Lipinski definition) is 2. The molecule has 12 heavy (non-hydrogen) atoms. The van der Waals surface area contributed by atoms with E-state index in [0.717, 1.165) is 16.5 Å². The lowest BCUT2D eigenvalue weighted by atomic mass is 10.6. The Balaban J connectivity index is 2.64. The molecule has 3 N–H and O–H groups in total. The molecule has 0 unspecified atom stereocenters. The summed E-state index contributed by atoms with van der Waals surface area (Å²) < 4.78 is 1.17. The third kappa shape index (κ3) is 2.45. The van der Waals surface area contributed by atoms with E-state index in [4.69, 9.17) is 10.8 Å². The summed E-state index contributed by atoms with van der Waals surface area (Å²) in [5.41, 5.74) is 6.38. The van der Waals surface area contributed by atoms with Crippen LogP contribution in [-0.2, 0) is 6.61 Å². The van der Waals surface area contributed by atoms with Crippen LogP contribution in [0.2, 0.25) is 0 Å². The third-order valence-electron chi connectivity index (χ3n) is 1.28. The van der Waals surface area contributed by atoms with Gasteiger partial charge in [0.25, 0.3) is 0 Å². The second-order valence-corrected chi connectivity index (χ2v) is 4.72. The van der Waals surface area contributed by atoms with Gasteiger partial charge in [-0.3, -0.25) is 0 Å². The van der Waals surface area contributed by atoms with E-state index in [1.165, 1.54) is 4.21 Å². The number of aromatic nitrogens is 1. The van der Waals surface area contributed by atoms with Crippen molar-refractivity contribution in [2.45, 2.75) is 17.7 Å². The Morgan fingerprint density at radius 2 is 2.42 bits per heavy atom. The maximum Gasteiger partial charge on any atom is 0.119 e. The van der Waals surface area contributed by atoms with Gasteiger partial charge in [-0.2, -0.15) is 0 Å². The normalized spacial score (nSPS) is 10.6. The molecule has 68 valence electrons. The van der Waals surface area contributed by atoms with Gasteiger partial charge in [0.15, 0.2) is 0 Å². The van der Waals surface area contributed by atoms with Gasteiger partial charge in [0.05, 0.1) is 16.5 Å². The largest absolute Gasteiger partial charge is 0.389 e. The van der Waals surface area contributed by atoms with Gasteiger partial charge in [0, 0.05) is 12.3 Å². The third-order valence-corrected chi connectivity index (χ3v) is 3.82. The Bertz CT molecular complexity index is 250. The Morgan fingerprint density at radius 3 is 2.92 bits per heavy atom. The second kappa shape index (κ2) is 4.81. The lowest BCUT2D eigenvalue weighted by molar-refractivity contribution is 0.281. The summed E-state index contributed by atoms with van der Waals surface area (Å²) >= 11 is 3.25. The molecule has 0 saturated carbocycles. The van der Waals surface area contributed by atoms with Crippen LogP contribution < -0.4 is 5.73 Å². The molecule has 0 aliphatic carbocycles. The maximum absolute atomic E-state index is 8.81. The first-order valence-electron chi connectivity index (χ1n) is 3.68. The fourth-order valence-electron chi connectivity index (χ4n) is 0.790. The van der Waals surface area contributed by atoms with Gasteiger partial charge >= 0.3 is 0 Å². The number of aliphatic hydroxyl groups excluding tert-OH is 1. The Hall–Kier alpha value is -0.100. The molecule has 1 aromatic heterocycles. The van der Waals surface area contributed by atoms with Gasteiger partial charge < -0.3 is 10.8 Å². The van der Waals surface area contributed by atoms with Gasteiger partial charge in [0.1, 0.15) is 5.01 Å². The van der Waals surface area contributed by atoms with Crippen LogP contribution in [0.15, 0.2) is 4.21 Å². The molecule has 0 spiro atoms. The quantitative estimate of drug-likeness (QED) is 0.718. The summed E-state index contributed by atoms with van der Waals surface area (Å²) in [6.45, 7) is 2.67. The van der Waals surface area contributed by atoms with Crippen LogP contribution in [0.5, 0.6) is 0 Å². The molecular formula is C7H12N2OS2. The maximum atomic E-state index is 8.81. The molecule has 1 heterocycles. The lowest BCUT2D eigenvalue weighted by Crippen LogP contribution is -2.00. The number of aliphatic hydroxyl groups is 1. The molecule has 0 aromatic carbocycles. The number of aryl methyl sites for hydroxylation is 1. The highest BCUT2D eigenvalue weighted by molar-refractivity contribution is 8.01. The van der Waals surface area contributed by atoms with E-state index in [-0.39, 0.29) is 6.61 Å². The Morgan fingerprint density at radius 1 is 1.67 bits per heavy atom. The van der Waals surface area contributed by atoms with Gasteiger partial charge in [0.2, 0.25) is 0 Å². The highest BCUT2D eigenvalue weighted by atomic mass is 32.2. The van der Waals surface area contributed by atoms with Crippen molar-refractivity contribution in [3.05, 3.63) is 10.7 Å². The van der Waals surface area contributed by atoms with Crippen molar-refractivity contribution < 1.29 is 5.11 Å². The smallest absolute Gasteiger partial charge is 0.119 e. The van der Waals surface area contributed by atoms with E-state index in [2.05, 4.69) is 4.98 Å². The first-order chi connectivity index (χ1) is 5.77. The predicted octanol–water partition coefficient (Wildman–Crippen LogP) is 0.995. The van der Waals surface area contributed by atoms with Gasteiger partial charge in [-0.15, -0.1) is 23.1 Å². The van der Waals surface area contributed by atoms with Crippen molar-refractivity contribution in [2.75, 3.05) is 12.3 Å². The minimum atomic E-state index is 0.0364. The SMILES string of the molecule is Cc1nc(CO)sc1SCCN. The van der Waals surface area contributed by atoms with Crippen molar-refractivity contribution in [2.24, 2.45) is 5.73 Å². The average molecular weight is 204 g/mol. The monoisotopic (exact) mass is 204 g/mol. The summed E-state index contributed by atoms with van der Waals surface area (Å²) in [5, 5.41) is 9.60. The summed E-state index contributed by atoms with van der Waals surface area (Å²) in [4.78, 5) is 4.19. The summed E-state index contributed by atoms with van der Waals surface area (Å²) in [5.74, 6) is 0.911. The van der Waals surface area contributed by atoms with Gasteiger partial charge in [-0.25, -0.2) is 4.98 Å². The minimum Gasteiger partial charge on any atom is -0.389 e. The van der Waals surface area contributed by atoms with Crippen LogP contribution in [0.4, 0.5) is 0 Å². The zero-order valence-corrected chi connectivity index (χ0v) is 8.54. The van der Waals surface area contributed by atoms with Crippen molar-refractivity contribution >= 4 is 23.1 Å². The van der Waals surface area contributed by atoms with Crippen LogP contribution in [0.3, 0.4) is 0 Å². The molecule has 0 bridgehead atoms. The first-order valence-corrected chi connectivity index (χ1v) is 5.48. The minimum absolute atomic E-state index is 0.0364. The summed E-state index contributed by atoms with van der Waals surface area (Å²) in [6, 6.07) is 0. The molecule has 1 aromatic rings. The van der Waals surface area contributed by atoms with Crippen LogP contribution in [-0.4, -0.2) is 22.4 Å². The standard InChI is InChI=1S/C7H12N2OS2/c1-5-7(11-3-2-8)12-6(4-10)9-5/h10H,2-4,8H2,1H3. The molecule has 0 fully saturated rings. The Kier molecular flexibility index (Phi) is 4.00. The number of thiazole rings is 1. The van der Waals surface area contributed by atoms with Gasteiger partial charge in [-0.05, 0) is 6.92 Å². The number of rotatable bonds is 4. The molecule has 0 aliphatic heterocycles. The molecule has 0 atom stereocenters.